The third-order valence-corrected chi connectivity index (χ3v) is 3.30. The van der Waals surface area contributed by atoms with E-state index < -0.39 is 0 Å². The van der Waals surface area contributed by atoms with Gasteiger partial charge in [-0.15, -0.1) is 0 Å². The lowest BCUT2D eigenvalue weighted by Gasteiger charge is -2.26. The van der Waals surface area contributed by atoms with Crippen molar-refractivity contribution in [2.75, 3.05) is 6.54 Å². The lowest BCUT2D eigenvalue weighted by atomic mass is 10.0. The van der Waals surface area contributed by atoms with Crippen LogP contribution >= 0.6 is 0 Å². The average molecular weight is 267 g/mol. The fourth-order valence-electron chi connectivity index (χ4n) is 2.25. The van der Waals surface area contributed by atoms with E-state index in [0.717, 1.165) is 19.3 Å². The number of amides is 1. The zero-order chi connectivity index (χ0) is 14.4. The third kappa shape index (κ3) is 4.69. The molecule has 2 unspecified atom stereocenters. The molecule has 2 atom stereocenters. The molecule has 1 heterocycles. The van der Waals surface area contributed by atoms with Crippen molar-refractivity contribution in [2.45, 2.75) is 59.6 Å². The van der Waals surface area contributed by atoms with Crippen LogP contribution in [0.4, 0.5) is 0 Å². The van der Waals surface area contributed by atoms with Gasteiger partial charge in [-0.05, 0) is 33.1 Å². The lowest BCUT2D eigenvalue weighted by molar-refractivity contribution is -0.146. The molecular formula is C15H25NO3. The first-order valence-electron chi connectivity index (χ1n) is 7.08. The second-order valence-corrected chi connectivity index (χ2v) is 5.49. The average Bonchev–Trinajstić information content (AvgIpc) is 2.71. The Bertz CT molecular complexity index is 358. The summed E-state index contributed by atoms with van der Waals surface area (Å²) in [5.41, 5.74) is 1.29. The molecule has 1 aliphatic rings. The Hall–Kier alpha value is -1.32. The number of hydrogen-bond acceptors (Lipinski definition) is 3. The largest absolute Gasteiger partial charge is 0.440 e. The molecular weight excluding hydrogens is 242 g/mol. The molecule has 0 aromatic rings. The Labute approximate surface area is 115 Å². The molecule has 4 nitrogen and oxygen atoms in total. The molecule has 108 valence electrons. The standard InChI is InChI=1S/C15H25NO3/c1-5-7-13(17)16-10-14(18)19-15(16)12(4)9-6-8-11(2)3/h8,12,15H,5-7,9-10H2,1-4H3. The number of esters is 1. The number of nitrogens with zero attached hydrogens (tertiary/aromatic N) is 1. The Morgan fingerprint density at radius 1 is 1.53 bits per heavy atom. The molecule has 1 fully saturated rings. The first-order valence-corrected chi connectivity index (χ1v) is 7.08. The Kier molecular flexibility index (Phi) is 6.06. The third-order valence-electron chi connectivity index (χ3n) is 3.30. The molecule has 19 heavy (non-hydrogen) atoms. The van der Waals surface area contributed by atoms with Crippen LogP contribution in [0.5, 0.6) is 0 Å². The Morgan fingerprint density at radius 3 is 2.79 bits per heavy atom. The van der Waals surface area contributed by atoms with Gasteiger partial charge in [-0.2, -0.15) is 0 Å². The van der Waals surface area contributed by atoms with Gasteiger partial charge in [0.1, 0.15) is 6.54 Å². The van der Waals surface area contributed by atoms with Gasteiger partial charge in [0.05, 0.1) is 0 Å². The molecule has 0 saturated carbocycles. The highest BCUT2D eigenvalue weighted by molar-refractivity contribution is 5.84. The van der Waals surface area contributed by atoms with E-state index in [2.05, 4.69) is 19.9 Å². The molecule has 4 heteroatoms. The smallest absolute Gasteiger partial charge is 0.327 e. The molecule has 0 aliphatic carbocycles. The van der Waals surface area contributed by atoms with Crippen LogP contribution in [0.2, 0.25) is 0 Å². The summed E-state index contributed by atoms with van der Waals surface area (Å²) in [4.78, 5) is 25.0. The van der Waals surface area contributed by atoms with Gasteiger partial charge in [0.2, 0.25) is 5.91 Å². The van der Waals surface area contributed by atoms with Gasteiger partial charge in [-0.25, -0.2) is 0 Å². The quantitative estimate of drug-likeness (QED) is 0.549. The van der Waals surface area contributed by atoms with Gasteiger partial charge in [-0.3, -0.25) is 14.5 Å². The fourth-order valence-corrected chi connectivity index (χ4v) is 2.25. The monoisotopic (exact) mass is 267 g/mol. The van der Waals surface area contributed by atoms with E-state index in [9.17, 15) is 9.59 Å². The molecule has 0 aromatic carbocycles. The molecule has 0 radical (unpaired) electrons. The van der Waals surface area contributed by atoms with Crippen LogP contribution in [-0.2, 0) is 14.3 Å². The first-order chi connectivity index (χ1) is 8.95. The zero-order valence-electron chi connectivity index (χ0n) is 12.4. The number of cyclic esters (lactones) is 1. The van der Waals surface area contributed by atoms with E-state index >= 15 is 0 Å². The van der Waals surface area contributed by atoms with Gasteiger partial charge in [0.25, 0.3) is 0 Å². The number of rotatable bonds is 6. The second-order valence-electron chi connectivity index (χ2n) is 5.49. The van der Waals surface area contributed by atoms with Crippen LogP contribution in [0.25, 0.3) is 0 Å². The summed E-state index contributed by atoms with van der Waals surface area (Å²) >= 11 is 0. The van der Waals surface area contributed by atoms with Crippen molar-refractivity contribution < 1.29 is 14.3 Å². The molecule has 0 spiro atoms. The van der Waals surface area contributed by atoms with Crippen molar-refractivity contribution in [1.29, 1.82) is 0 Å². The van der Waals surface area contributed by atoms with Gasteiger partial charge < -0.3 is 4.74 Å². The number of carbonyl (C=O) groups is 2. The van der Waals surface area contributed by atoms with Crippen molar-refractivity contribution in [1.82, 2.24) is 4.90 Å². The second kappa shape index (κ2) is 7.31. The molecule has 1 saturated heterocycles. The van der Waals surface area contributed by atoms with Crippen LogP contribution in [-0.4, -0.2) is 29.5 Å². The Balaban J connectivity index is 2.59. The first kappa shape index (κ1) is 15.7. The molecule has 0 bridgehead atoms. The van der Waals surface area contributed by atoms with Crippen LogP contribution in [0.1, 0.15) is 53.4 Å². The highest BCUT2D eigenvalue weighted by Gasteiger charge is 2.38. The lowest BCUT2D eigenvalue weighted by Crippen LogP contribution is -2.39. The van der Waals surface area contributed by atoms with E-state index in [1.807, 2.05) is 13.8 Å². The summed E-state index contributed by atoms with van der Waals surface area (Å²) in [5.74, 6) is -0.0983. The van der Waals surface area contributed by atoms with E-state index in [4.69, 9.17) is 4.74 Å². The minimum absolute atomic E-state index is 0.0208. The predicted octanol–water partition coefficient (Wildman–Crippen LogP) is 2.88. The van der Waals surface area contributed by atoms with Crippen LogP contribution in [0, 0.1) is 5.92 Å². The van der Waals surface area contributed by atoms with Gasteiger partial charge in [0.15, 0.2) is 6.23 Å². The van der Waals surface area contributed by atoms with Gasteiger partial charge in [-0.1, -0.05) is 25.5 Å². The minimum atomic E-state index is -0.378. The SMILES string of the molecule is CCCC(=O)N1CC(=O)OC1C(C)CCC=C(C)C. The molecule has 1 aliphatic heterocycles. The predicted molar refractivity (Wildman–Crippen MR) is 74.3 cm³/mol. The molecule has 0 N–H and O–H groups in total. The Morgan fingerprint density at radius 2 is 2.21 bits per heavy atom. The van der Waals surface area contributed by atoms with Crippen LogP contribution in [0.3, 0.4) is 0 Å². The van der Waals surface area contributed by atoms with Crippen molar-refractivity contribution in [3.05, 3.63) is 11.6 Å². The summed E-state index contributed by atoms with van der Waals surface area (Å²) in [7, 11) is 0. The summed E-state index contributed by atoms with van der Waals surface area (Å²) < 4.78 is 5.31. The summed E-state index contributed by atoms with van der Waals surface area (Å²) in [6, 6.07) is 0. The van der Waals surface area contributed by atoms with E-state index in [1.54, 1.807) is 4.90 Å². The van der Waals surface area contributed by atoms with Gasteiger partial charge in [0, 0.05) is 12.3 Å². The summed E-state index contributed by atoms with van der Waals surface area (Å²) in [6.45, 7) is 8.24. The van der Waals surface area contributed by atoms with E-state index in [0.29, 0.717) is 6.42 Å². The fraction of sp³-hybridized carbons (Fsp3) is 0.733. The van der Waals surface area contributed by atoms with E-state index in [1.165, 1.54) is 5.57 Å². The number of allylic oxidation sites excluding steroid dienone is 2. The molecule has 1 amide bonds. The zero-order valence-corrected chi connectivity index (χ0v) is 12.4. The number of hydrogen-bond donors (Lipinski definition) is 0. The minimum Gasteiger partial charge on any atom is -0.440 e. The van der Waals surface area contributed by atoms with Gasteiger partial charge >= 0.3 is 5.97 Å². The maximum atomic E-state index is 12.0. The van der Waals surface area contributed by atoms with Crippen molar-refractivity contribution in [2.24, 2.45) is 5.92 Å². The highest BCUT2D eigenvalue weighted by atomic mass is 16.6. The maximum absolute atomic E-state index is 12.0. The summed E-state index contributed by atoms with van der Waals surface area (Å²) in [5, 5.41) is 0. The molecule has 0 aromatic heterocycles. The molecule has 1 rings (SSSR count). The highest BCUT2D eigenvalue weighted by Crippen LogP contribution is 2.24. The van der Waals surface area contributed by atoms with Crippen LogP contribution < -0.4 is 0 Å². The van der Waals surface area contributed by atoms with Crippen molar-refractivity contribution >= 4 is 11.9 Å². The maximum Gasteiger partial charge on any atom is 0.327 e. The van der Waals surface area contributed by atoms with E-state index in [-0.39, 0.29) is 30.6 Å². The van der Waals surface area contributed by atoms with Crippen molar-refractivity contribution in [3.63, 3.8) is 0 Å². The summed E-state index contributed by atoms with van der Waals surface area (Å²) in [6.07, 6.45) is 4.94. The normalized spacial score (nSPS) is 20.1. The van der Waals surface area contributed by atoms with Crippen LogP contribution in [0.15, 0.2) is 11.6 Å². The number of ether oxygens (including phenoxy) is 1. The number of carbonyl (C=O) groups excluding carboxylic acids is 2. The topological polar surface area (TPSA) is 46.6 Å². The van der Waals surface area contributed by atoms with Crippen molar-refractivity contribution in [3.8, 4) is 0 Å².